The van der Waals surface area contributed by atoms with Gasteiger partial charge in [-0.15, -0.1) is 4.36 Å². The van der Waals surface area contributed by atoms with Gasteiger partial charge in [0.25, 0.3) is 0 Å². The minimum absolute atomic E-state index is 0.113. The van der Waals surface area contributed by atoms with Crippen molar-refractivity contribution in [1.29, 1.82) is 0 Å². The van der Waals surface area contributed by atoms with Crippen LogP contribution in [-0.2, 0) is 21.7 Å². The molecule has 1 aromatic rings. The van der Waals surface area contributed by atoms with Crippen LogP contribution in [0.4, 0.5) is 5.69 Å². The number of hydrogen-bond donors (Lipinski definition) is 1. The molecular weight excluding hydrogens is 370 g/mol. The SMILES string of the molecule is CCCCCCCN(C(=O)Cc1ccc(C)c(N=S(=O)=O)c1)C(=S)NC. The van der Waals surface area contributed by atoms with Gasteiger partial charge in [0.15, 0.2) is 5.11 Å². The minimum Gasteiger partial charge on any atom is -0.365 e. The van der Waals surface area contributed by atoms with E-state index in [0.717, 1.165) is 24.8 Å². The molecule has 144 valence electrons. The van der Waals surface area contributed by atoms with Gasteiger partial charge in [-0.3, -0.25) is 9.69 Å². The molecule has 0 heterocycles. The molecule has 0 aliphatic heterocycles. The summed E-state index contributed by atoms with van der Waals surface area (Å²) in [6.45, 7) is 4.52. The van der Waals surface area contributed by atoms with Crippen LogP contribution < -0.4 is 5.32 Å². The second-order valence-electron chi connectivity index (χ2n) is 6.12. The first-order valence-corrected chi connectivity index (χ1v) is 10.3. The molecule has 0 bridgehead atoms. The molecule has 0 saturated heterocycles. The van der Waals surface area contributed by atoms with E-state index in [2.05, 4.69) is 16.6 Å². The summed E-state index contributed by atoms with van der Waals surface area (Å²) in [6, 6.07) is 5.20. The van der Waals surface area contributed by atoms with Crippen LogP contribution >= 0.6 is 12.2 Å². The van der Waals surface area contributed by atoms with E-state index in [1.54, 1.807) is 31.0 Å². The first kappa shape index (κ1) is 22.2. The number of amides is 1. The summed E-state index contributed by atoms with van der Waals surface area (Å²) in [5, 5.41) is 3.27. The highest BCUT2D eigenvalue weighted by Crippen LogP contribution is 2.21. The fourth-order valence-corrected chi connectivity index (χ4v) is 3.11. The predicted octanol–water partition coefficient (Wildman–Crippen LogP) is 3.54. The molecule has 0 radical (unpaired) electrons. The molecule has 0 unspecified atom stereocenters. The largest absolute Gasteiger partial charge is 0.365 e. The van der Waals surface area contributed by atoms with Crippen LogP contribution in [0.15, 0.2) is 22.6 Å². The van der Waals surface area contributed by atoms with Crippen molar-refractivity contribution in [3.8, 4) is 0 Å². The third-order valence-electron chi connectivity index (χ3n) is 4.05. The van der Waals surface area contributed by atoms with Crippen molar-refractivity contribution in [3.05, 3.63) is 29.3 Å². The number of nitrogens with zero attached hydrogens (tertiary/aromatic N) is 2. The lowest BCUT2D eigenvalue weighted by molar-refractivity contribution is -0.126. The summed E-state index contributed by atoms with van der Waals surface area (Å²) in [4.78, 5) is 14.3. The lowest BCUT2D eigenvalue weighted by atomic mass is 10.1. The maximum Gasteiger partial charge on any atom is 0.316 e. The van der Waals surface area contributed by atoms with Crippen molar-refractivity contribution in [2.45, 2.75) is 52.4 Å². The van der Waals surface area contributed by atoms with Crippen LogP contribution in [0.2, 0.25) is 0 Å². The normalized spacial score (nSPS) is 10.3. The molecule has 1 aromatic carbocycles. The number of hydrogen-bond acceptors (Lipinski definition) is 5. The Morgan fingerprint density at radius 2 is 1.92 bits per heavy atom. The summed E-state index contributed by atoms with van der Waals surface area (Å²) < 4.78 is 25.2. The molecule has 0 aliphatic carbocycles. The van der Waals surface area contributed by atoms with Crippen molar-refractivity contribution in [1.82, 2.24) is 10.2 Å². The molecule has 1 N–H and O–H groups in total. The van der Waals surface area contributed by atoms with E-state index in [1.165, 1.54) is 12.8 Å². The highest BCUT2D eigenvalue weighted by molar-refractivity contribution is 7.80. The molecule has 26 heavy (non-hydrogen) atoms. The summed E-state index contributed by atoms with van der Waals surface area (Å²) in [5.41, 5.74) is 1.80. The maximum absolute atomic E-state index is 12.7. The van der Waals surface area contributed by atoms with E-state index in [4.69, 9.17) is 12.2 Å². The van der Waals surface area contributed by atoms with Crippen molar-refractivity contribution in [2.75, 3.05) is 13.6 Å². The van der Waals surface area contributed by atoms with Gasteiger partial charge in [-0.2, -0.15) is 8.42 Å². The lowest BCUT2D eigenvalue weighted by Gasteiger charge is -2.23. The molecule has 0 atom stereocenters. The minimum atomic E-state index is -2.52. The second-order valence-corrected chi connectivity index (χ2v) is 7.12. The number of unbranched alkanes of at least 4 members (excludes halogenated alkanes) is 4. The van der Waals surface area contributed by atoms with Crippen LogP contribution in [0.5, 0.6) is 0 Å². The summed E-state index contributed by atoms with van der Waals surface area (Å²) >= 11 is 5.27. The molecule has 6 nitrogen and oxygen atoms in total. The molecule has 8 heteroatoms. The standard InChI is InChI=1S/C18H27N3O3S2/c1-4-5-6-7-8-11-21(18(25)19-3)17(22)13-15-10-9-14(2)16(12-15)20-26(23)24/h9-10,12H,4-8,11,13H2,1-3H3,(H,19,25). The Balaban J connectivity index is 2.82. The van der Waals surface area contributed by atoms with Crippen LogP contribution in [-0.4, -0.2) is 37.9 Å². The number of nitrogens with one attached hydrogen (secondary N) is 1. The summed E-state index contributed by atoms with van der Waals surface area (Å²) in [6.07, 6.45) is 5.63. The predicted molar refractivity (Wildman–Crippen MR) is 108 cm³/mol. The molecule has 0 spiro atoms. The van der Waals surface area contributed by atoms with Crippen molar-refractivity contribution < 1.29 is 13.2 Å². The number of aryl methyl sites for hydroxylation is 1. The van der Waals surface area contributed by atoms with Gasteiger partial charge < -0.3 is 5.32 Å². The highest BCUT2D eigenvalue weighted by atomic mass is 32.2. The Morgan fingerprint density at radius 3 is 2.54 bits per heavy atom. The van der Waals surface area contributed by atoms with E-state index in [9.17, 15) is 13.2 Å². The van der Waals surface area contributed by atoms with Crippen molar-refractivity contribution in [3.63, 3.8) is 0 Å². The Kier molecular flexibility index (Phi) is 10.0. The van der Waals surface area contributed by atoms with Gasteiger partial charge in [0.2, 0.25) is 5.91 Å². The zero-order valence-electron chi connectivity index (χ0n) is 15.6. The van der Waals surface area contributed by atoms with Gasteiger partial charge in [0.05, 0.1) is 12.1 Å². The monoisotopic (exact) mass is 397 g/mol. The van der Waals surface area contributed by atoms with E-state index < -0.39 is 10.5 Å². The molecule has 0 aliphatic rings. The third-order valence-corrected chi connectivity index (χ3v) is 4.82. The maximum atomic E-state index is 12.7. The van der Waals surface area contributed by atoms with Crippen LogP contribution in [0.1, 0.15) is 50.2 Å². The van der Waals surface area contributed by atoms with Gasteiger partial charge in [0, 0.05) is 13.6 Å². The lowest BCUT2D eigenvalue weighted by Crippen LogP contribution is -2.43. The molecule has 1 amide bonds. The number of carbonyl (C=O) groups is 1. The molecule has 0 saturated carbocycles. The zero-order chi connectivity index (χ0) is 19.5. The van der Waals surface area contributed by atoms with Gasteiger partial charge >= 0.3 is 10.5 Å². The Morgan fingerprint density at radius 1 is 1.23 bits per heavy atom. The van der Waals surface area contributed by atoms with Crippen LogP contribution in [0.25, 0.3) is 0 Å². The number of benzene rings is 1. The first-order chi connectivity index (χ1) is 12.4. The number of thiocarbonyl (C=S) groups is 1. The Labute approximate surface area is 162 Å². The molecule has 0 fully saturated rings. The van der Waals surface area contributed by atoms with Crippen molar-refractivity contribution in [2.24, 2.45) is 4.36 Å². The zero-order valence-corrected chi connectivity index (χ0v) is 17.3. The van der Waals surface area contributed by atoms with Crippen LogP contribution in [0, 0.1) is 6.92 Å². The quantitative estimate of drug-likeness (QED) is 0.509. The smallest absolute Gasteiger partial charge is 0.316 e. The van der Waals surface area contributed by atoms with Crippen molar-refractivity contribution >= 4 is 39.4 Å². The average molecular weight is 398 g/mol. The van der Waals surface area contributed by atoms with E-state index >= 15 is 0 Å². The first-order valence-electron chi connectivity index (χ1n) is 8.81. The summed E-state index contributed by atoms with van der Waals surface area (Å²) in [5.74, 6) is -0.113. The van der Waals surface area contributed by atoms with Gasteiger partial charge in [-0.1, -0.05) is 44.7 Å². The van der Waals surface area contributed by atoms with Gasteiger partial charge in [-0.05, 0) is 42.8 Å². The van der Waals surface area contributed by atoms with Crippen LogP contribution in [0.3, 0.4) is 0 Å². The Hall–Kier alpha value is -1.80. The van der Waals surface area contributed by atoms with Gasteiger partial charge in [-0.25, -0.2) is 0 Å². The van der Waals surface area contributed by atoms with Gasteiger partial charge in [0.1, 0.15) is 0 Å². The number of rotatable bonds is 9. The molecule has 0 aromatic heterocycles. The molecular formula is C18H27N3O3S2. The Bertz CT molecular complexity index is 753. The average Bonchev–Trinajstić information content (AvgIpc) is 2.59. The van der Waals surface area contributed by atoms with E-state index in [1.807, 2.05) is 6.07 Å². The van der Waals surface area contributed by atoms with E-state index in [-0.39, 0.29) is 12.3 Å². The topological polar surface area (TPSA) is 78.8 Å². The fourth-order valence-electron chi connectivity index (χ4n) is 2.56. The van der Waals surface area contributed by atoms with E-state index in [0.29, 0.717) is 22.9 Å². The highest BCUT2D eigenvalue weighted by Gasteiger charge is 2.18. The summed E-state index contributed by atoms with van der Waals surface area (Å²) in [7, 11) is -0.823. The third kappa shape index (κ3) is 7.61. The fraction of sp³-hybridized carbons (Fsp3) is 0.556. The second kappa shape index (κ2) is 11.7. The molecule has 1 rings (SSSR count). The number of carbonyl (C=O) groups excluding carboxylic acids is 1.